The van der Waals surface area contributed by atoms with Crippen molar-refractivity contribution >= 4 is 22.0 Å². The lowest BCUT2D eigenvalue weighted by atomic mass is 10.1. The maximum absolute atomic E-state index is 12.0. The molecule has 0 radical (unpaired) electrons. The van der Waals surface area contributed by atoms with Gasteiger partial charge in [0, 0.05) is 6.54 Å². The predicted molar refractivity (Wildman–Crippen MR) is 66.9 cm³/mol. The fourth-order valence-corrected chi connectivity index (χ4v) is 3.98. The Balaban J connectivity index is 2.52. The molecule has 8 heteroatoms. The smallest absolute Gasteiger partial charge is 0.307 e. The number of sulfonamides is 1. The lowest BCUT2D eigenvalue weighted by Gasteiger charge is -2.16. The first-order chi connectivity index (χ1) is 8.88. The lowest BCUT2D eigenvalue weighted by molar-refractivity contribution is -0.143. The van der Waals surface area contributed by atoms with Gasteiger partial charge in [0.15, 0.2) is 0 Å². The van der Waals surface area contributed by atoms with Crippen LogP contribution in [0.25, 0.3) is 0 Å². The topological polar surface area (TPSA) is 110 Å². The van der Waals surface area contributed by atoms with E-state index in [1.54, 1.807) is 6.92 Å². The molecule has 1 saturated carbocycles. The molecular formula is C11H19NO6S. The van der Waals surface area contributed by atoms with E-state index in [4.69, 9.17) is 5.11 Å². The van der Waals surface area contributed by atoms with Gasteiger partial charge >= 0.3 is 11.9 Å². The van der Waals surface area contributed by atoms with Gasteiger partial charge in [-0.05, 0) is 19.8 Å². The van der Waals surface area contributed by atoms with Crippen molar-refractivity contribution in [1.29, 1.82) is 0 Å². The van der Waals surface area contributed by atoms with Crippen molar-refractivity contribution in [3.8, 4) is 0 Å². The highest BCUT2D eigenvalue weighted by molar-refractivity contribution is 7.90. The van der Waals surface area contributed by atoms with E-state index in [0.717, 1.165) is 0 Å². The molecule has 0 heterocycles. The Kier molecular flexibility index (Phi) is 5.74. The number of esters is 1. The molecule has 0 bridgehead atoms. The molecule has 0 saturated heterocycles. The summed E-state index contributed by atoms with van der Waals surface area (Å²) in [4.78, 5) is 22.0. The third-order valence-corrected chi connectivity index (χ3v) is 5.07. The maximum Gasteiger partial charge on any atom is 0.307 e. The molecule has 1 fully saturated rings. The van der Waals surface area contributed by atoms with E-state index in [1.807, 2.05) is 0 Å². The summed E-state index contributed by atoms with van der Waals surface area (Å²) in [6, 6.07) is 0. The Labute approximate surface area is 112 Å². The van der Waals surface area contributed by atoms with Crippen LogP contribution >= 0.6 is 0 Å². The summed E-state index contributed by atoms with van der Waals surface area (Å²) in [5.74, 6) is -2.43. The number of nitrogens with one attached hydrogen (secondary N) is 1. The van der Waals surface area contributed by atoms with Gasteiger partial charge in [-0.15, -0.1) is 0 Å². The molecule has 0 aromatic carbocycles. The molecule has 0 aliphatic heterocycles. The van der Waals surface area contributed by atoms with Crippen molar-refractivity contribution in [3.63, 3.8) is 0 Å². The van der Waals surface area contributed by atoms with Crippen molar-refractivity contribution in [2.75, 3.05) is 13.2 Å². The molecule has 2 atom stereocenters. The monoisotopic (exact) mass is 293 g/mol. The molecule has 0 amide bonds. The average molecular weight is 293 g/mol. The summed E-state index contributed by atoms with van der Waals surface area (Å²) >= 11 is 0. The van der Waals surface area contributed by atoms with Crippen molar-refractivity contribution in [2.24, 2.45) is 5.92 Å². The summed E-state index contributed by atoms with van der Waals surface area (Å²) in [5, 5.41) is 8.05. The lowest BCUT2D eigenvalue weighted by Crippen LogP contribution is -2.39. The number of carbonyl (C=O) groups excluding carboxylic acids is 1. The standard InChI is InChI=1S/C11H19NO6S/c1-2-18-10(13)6-7-12-19(16,17)9-5-3-4-8(9)11(14)15/h8-9,12H,2-7H2,1H3,(H,14,15). The van der Waals surface area contributed by atoms with Gasteiger partial charge < -0.3 is 9.84 Å². The van der Waals surface area contributed by atoms with Crippen LogP contribution < -0.4 is 4.72 Å². The van der Waals surface area contributed by atoms with Crippen molar-refractivity contribution in [1.82, 2.24) is 4.72 Å². The molecule has 1 aliphatic carbocycles. The number of carbonyl (C=O) groups is 2. The molecule has 19 heavy (non-hydrogen) atoms. The number of aliphatic carboxylic acids is 1. The zero-order chi connectivity index (χ0) is 14.5. The minimum Gasteiger partial charge on any atom is -0.481 e. The number of hydrogen-bond donors (Lipinski definition) is 2. The number of carboxylic acids is 1. The van der Waals surface area contributed by atoms with Crippen molar-refractivity contribution in [3.05, 3.63) is 0 Å². The predicted octanol–water partition coefficient (Wildman–Crippen LogP) is 0.112. The fraction of sp³-hybridized carbons (Fsp3) is 0.818. The summed E-state index contributed by atoms with van der Waals surface area (Å²) in [6.07, 6.45) is 1.24. The molecule has 0 aromatic heterocycles. The summed E-state index contributed by atoms with van der Waals surface area (Å²) < 4.78 is 30.9. The van der Waals surface area contributed by atoms with Crippen molar-refractivity contribution < 1.29 is 27.9 Å². The molecule has 110 valence electrons. The number of carboxylic acid groups (broad SMARTS) is 1. The molecule has 1 rings (SSSR count). The van der Waals surface area contributed by atoms with Crippen LogP contribution in [0, 0.1) is 5.92 Å². The highest BCUT2D eigenvalue weighted by Crippen LogP contribution is 2.30. The highest BCUT2D eigenvalue weighted by Gasteiger charge is 2.41. The minimum atomic E-state index is -3.70. The third-order valence-electron chi connectivity index (χ3n) is 3.11. The Bertz CT molecular complexity index is 432. The normalized spacial score (nSPS) is 23.2. The largest absolute Gasteiger partial charge is 0.481 e. The van der Waals surface area contributed by atoms with Crippen LogP contribution in [0.2, 0.25) is 0 Å². The van der Waals surface area contributed by atoms with Gasteiger partial charge in [0.05, 0.1) is 24.2 Å². The van der Waals surface area contributed by atoms with Crippen LogP contribution in [0.4, 0.5) is 0 Å². The van der Waals surface area contributed by atoms with Gasteiger partial charge in [-0.1, -0.05) is 6.42 Å². The number of hydrogen-bond acceptors (Lipinski definition) is 5. The first kappa shape index (κ1) is 15.9. The zero-order valence-electron chi connectivity index (χ0n) is 10.8. The second-order valence-corrected chi connectivity index (χ2v) is 6.39. The molecule has 7 nitrogen and oxygen atoms in total. The summed E-state index contributed by atoms with van der Waals surface area (Å²) in [5.41, 5.74) is 0. The van der Waals surface area contributed by atoms with E-state index in [0.29, 0.717) is 19.3 Å². The fourth-order valence-electron chi connectivity index (χ4n) is 2.22. The SMILES string of the molecule is CCOC(=O)CCNS(=O)(=O)C1CCCC1C(=O)O. The zero-order valence-corrected chi connectivity index (χ0v) is 11.6. The summed E-state index contributed by atoms with van der Waals surface area (Å²) in [6.45, 7) is 1.84. The van der Waals surface area contributed by atoms with Crippen LogP contribution in [0.1, 0.15) is 32.6 Å². The van der Waals surface area contributed by atoms with E-state index in [-0.39, 0.29) is 19.6 Å². The van der Waals surface area contributed by atoms with Gasteiger partial charge in [-0.2, -0.15) is 0 Å². The van der Waals surface area contributed by atoms with Gasteiger partial charge in [0.1, 0.15) is 0 Å². The minimum absolute atomic E-state index is 0.0580. The Morgan fingerprint density at radius 1 is 1.37 bits per heavy atom. The highest BCUT2D eigenvalue weighted by atomic mass is 32.2. The average Bonchev–Trinajstić information content (AvgIpc) is 2.78. The first-order valence-electron chi connectivity index (χ1n) is 6.25. The number of rotatable bonds is 7. The quantitative estimate of drug-likeness (QED) is 0.645. The first-order valence-corrected chi connectivity index (χ1v) is 7.80. The molecule has 0 spiro atoms. The second kappa shape index (κ2) is 6.85. The Morgan fingerprint density at radius 3 is 2.63 bits per heavy atom. The van der Waals surface area contributed by atoms with Crippen LogP contribution in [0.15, 0.2) is 0 Å². The molecule has 2 N–H and O–H groups in total. The third kappa shape index (κ3) is 4.46. The molecule has 0 aromatic rings. The van der Waals surface area contributed by atoms with Crippen LogP contribution in [0.3, 0.4) is 0 Å². The van der Waals surface area contributed by atoms with E-state index in [9.17, 15) is 18.0 Å². The van der Waals surface area contributed by atoms with Gasteiger partial charge in [-0.25, -0.2) is 13.1 Å². The van der Waals surface area contributed by atoms with Crippen LogP contribution in [-0.4, -0.2) is 43.9 Å². The van der Waals surface area contributed by atoms with Crippen LogP contribution in [-0.2, 0) is 24.3 Å². The van der Waals surface area contributed by atoms with Gasteiger partial charge in [0.2, 0.25) is 10.0 Å². The maximum atomic E-state index is 12.0. The number of ether oxygens (including phenoxy) is 1. The van der Waals surface area contributed by atoms with E-state index in [1.165, 1.54) is 0 Å². The van der Waals surface area contributed by atoms with Crippen molar-refractivity contribution in [2.45, 2.75) is 37.9 Å². The summed E-state index contributed by atoms with van der Waals surface area (Å²) in [7, 11) is -3.70. The Hall–Kier alpha value is -1.15. The van der Waals surface area contributed by atoms with Gasteiger partial charge in [0.25, 0.3) is 0 Å². The van der Waals surface area contributed by atoms with E-state index < -0.39 is 33.1 Å². The van der Waals surface area contributed by atoms with E-state index in [2.05, 4.69) is 9.46 Å². The molecular weight excluding hydrogens is 274 g/mol. The van der Waals surface area contributed by atoms with Crippen LogP contribution in [0.5, 0.6) is 0 Å². The second-order valence-electron chi connectivity index (χ2n) is 4.41. The molecule has 2 unspecified atom stereocenters. The molecule has 1 aliphatic rings. The van der Waals surface area contributed by atoms with Gasteiger partial charge in [-0.3, -0.25) is 9.59 Å². The Morgan fingerprint density at radius 2 is 2.05 bits per heavy atom. The van der Waals surface area contributed by atoms with E-state index >= 15 is 0 Å².